The normalized spacial score (nSPS) is 17.1. The third kappa shape index (κ3) is 6.50. The van der Waals surface area contributed by atoms with Crippen molar-refractivity contribution in [3.8, 4) is 0 Å². The van der Waals surface area contributed by atoms with Crippen LogP contribution in [0.1, 0.15) is 35.6 Å². The Balaban J connectivity index is 1.87. The molecule has 1 heterocycles. The van der Waals surface area contributed by atoms with E-state index in [2.05, 4.69) is 15.6 Å². The van der Waals surface area contributed by atoms with Gasteiger partial charge in [-0.15, -0.1) is 0 Å². The smallest absolute Gasteiger partial charge is 0.322 e. The number of anilines is 1. The fourth-order valence-electron chi connectivity index (χ4n) is 4.51. The quantitative estimate of drug-likeness (QED) is 0.282. The number of allylic oxidation sites excluding steroid dienone is 1. The van der Waals surface area contributed by atoms with Crippen LogP contribution in [0.25, 0.3) is 0 Å². The number of alkyl halides is 6. The van der Waals surface area contributed by atoms with Crippen molar-refractivity contribution in [3.63, 3.8) is 0 Å². The van der Waals surface area contributed by atoms with E-state index in [9.17, 15) is 31.1 Å². The highest BCUT2D eigenvalue weighted by atomic mass is 35.5. The lowest BCUT2D eigenvalue weighted by atomic mass is 9.79. The molecule has 1 aliphatic rings. The maximum atomic E-state index is 13.8. The first kappa shape index (κ1) is 29.2. The van der Waals surface area contributed by atoms with Gasteiger partial charge in [-0.1, -0.05) is 73.1 Å². The minimum atomic E-state index is -4.83. The average molecular weight is 580 g/mol. The van der Waals surface area contributed by atoms with Crippen LogP contribution in [0.5, 0.6) is 0 Å². The molecule has 2 amide bonds. The zero-order chi connectivity index (χ0) is 29.1. The molecule has 0 radical (unpaired) electrons. The minimum Gasteiger partial charge on any atom is -0.322 e. The van der Waals surface area contributed by atoms with Crippen molar-refractivity contribution in [3.05, 3.63) is 112 Å². The second-order valence-corrected chi connectivity index (χ2v) is 9.87. The second kappa shape index (κ2) is 11.4. The molecular weight excluding hydrogens is 556 g/mol. The van der Waals surface area contributed by atoms with Crippen LogP contribution in [0.4, 0.5) is 36.8 Å². The van der Waals surface area contributed by atoms with Gasteiger partial charge < -0.3 is 10.6 Å². The first-order chi connectivity index (χ1) is 18.8. The number of urea groups is 1. The Bertz CT molecular complexity index is 1440. The van der Waals surface area contributed by atoms with Gasteiger partial charge in [0.15, 0.2) is 0 Å². The molecule has 0 fully saturated rings. The molecule has 3 aromatic rings. The number of halogens is 7. The molecule has 0 saturated heterocycles. The van der Waals surface area contributed by atoms with E-state index in [4.69, 9.17) is 11.6 Å². The van der Waals surface area contributed by atoms with Crippen molar-refractivity contribution < 1.29 is 31.1 Å². The van der Waals surface area contributed by atoms with Crippen molar-refractivity contribution in [2.45, 2.75) is 37.7 Å². The Morgan fingerprint density at radius 2 is 1.60 bits per heavy atom. The predicted molar refractivity (Wildman–Crippen MR) is 142 cm³/mol. The molecule has 4 nitrogen and oxygen atoms in total. The summed E-state index contributed by atoms with van der Waals surface area (Å²) in [4.78, 5) is 18.0. The van der Waals surface area contributed by atoms with Gasteiger partial charge in [0, 0.05) is 12.6 Å². The number of rotatable bonds is 6. The maximum absolute atomic E-state index is 13.8. The highest BCUT2D eigenvalue weighted by Gasteiger charge is 2.42. The van der Waals surface area contributed by atoms with E-state index < -0.39 is 40.7 Å². The van der Waals surface area contributed by atoms with E-state index >= 15 is 0 Å². The van der Waals surface area contributed by atoms with Crippen LogP contribution < -0.4 is 10.6 Å². The third-order valence-corrected chi connectivity index (χ3v) is 6.78. The van der Waals surface area contributed by atoms with Crippen molar-refractivity contribution in [2.24, 2.45) is 10.9 Å². The topological polar surface area (TPSA) is 53.5 Å². The number of carbonyl (C=O) groups is 1. The molecule has 2 unspecified atom stereocenters. The lowest BCUT2D eigenvalue weighted by molar-refractivity contribution is -0.138. The number of amides is 2. The van der Waals surface area contributed by atoms with E-state index in [1.165, 1.54) is 18.2 Å². The van der Waals surface area contributed by atoms with Gasteiger partial charge >= 0.3 is 18.4 Å². The molecule has 0 bridgehead atoms. The maximum Gasteiger partial charge on any atom is 0.418 e. The Morgan fingerprint density at radius 3 is 2.23 bits per heavy atom. The summed E-state index contributed by atoms with van der Waals surface area (Å²) in [6.45, 7) is 1.90. The van der Waals surface area contributed by atoms with Gasteiger partial charge in [-0.2, -0.15) is 26.3 Å². The van der Waals surface area contributed by atoms with Crippen LogP contribution in [-0.2, 0) is 24.3 Å². The number of hydrogen-bond acceptors (Lipinski definition) is 2. The van der Waals surface area contributed by atoms with E-state index in [-0.39, 0.29) is 28.6 Å². The molecular formula is C29H24ClF6N3O. The number of nitrogens with one attached hydrogen (secondary N) is 2. The molecule has 0 aromatic heterocycles. The summed E-state index contributed by atoms with van der Waals surface area (Å²) in [5.41, 5.74) is -3.56. The lowest BCUT2D eigenvalue weighted by Crippen LogP contribution is -2.51. The van der Waals surface area contributed by atoms with Crippen molar-refractivity contribution in [2.75, 3.05) is 5.32 Å². The summed E-state index contributed by atoms with van der Waals surface area (Å²) < 4.78 is 82.3. The van der Waals surface area contributed by atoms with Crippen LogP contribution >= 0.6 is 11.6 Å². The first-order valence-electron chi connectivity index (χ1n) is 12.2. The van der Waals surface area contributed by atoms with Gasteiger partial charge in [0.2, 0.25) is 0 Å². The molecule has 4 rings (SSSR count). The molecule has 11 heteroatoms. The highest BCUT2D eigenvalue weighted by molar-refractivity contribution is 6.34. The summed E-state index contributed by atoms with van der Waals surface area (Å²) in [5, 5.41) is 4.51. The monoisotopic (exact) mass is 579 g/mol. The van der Waals surface area contributed by atoms with E-state index in [0.29, 0.717) is 12.0 Å². The zero-order valence-corrected chi connectivity index (χ0v) is 21.8. The van der Waals surface area contributed by atoms with Gasteiger partial charge in [0.25, 0.3) is 0 Å². The first-order valence-corrected chi connectivity index (χ1v) is 12.6. The van der Waals surface area contributed by atoms with Gasteiger partial charge in [0.1, 0.15) is 5.54 Å². The molecule has 0 saturated carbocycles. The van der Waals surface area contributed by atoms with Gasteiger partial charge in [-0.3, -0.25) is 4.99 Å². The second-order valence-electron chi connectivity index (χ2n) is 9.47. The number of hydrogen-bond donors (Lipinski definition) is 2. The van der Waals surface area contributed by atoms with Crippen LogP contribution in [0.3, 0.4) is 0 Å². The predicted octanol–water partition coefficient (Wildman–Crippen LogP) is 8.63. The standard InChI is InChI=1S/C29H24ClF6N3O/c1-18-13-14-24(37-17-18)27(16-19-7-3-2-4-8-19,20-9-5-10-21(15-20)28(31,32)33)39-26(40)38-25-22(29(34,35)36)11-6-12-23(25)30/h2-12,14-15,17-18H,13,16H2,1H3,(H2,38,39,40). The van der Waals surface area contributed by atoms with Gasteiger partial charge in [-0.25, -0.2) is 4.79 Å². The molecule has 2 atom stereocenters. The van der Waals surface area contributed by atoms with Crippen LogP contribution in [-0.4, -0.2) is 12.2 Å². The summed E-state index contributed by atoms with van der Waals surface area (Å²) in [5.74, 6) is 0.0333. The minimum absolute atomic E-state index is 0.0333. The van der Waals surface area contributed by atoms with Crippen molar-refractivity contribution in [1.82, 2.24) is 5.32 Å². The SMILES string of the molecule is CC1C=NC(C(Cc2ccccc2)(NC(=O)Nc2c(Cl)cccc2C(F)(F)F)c2cccc(C(F)(F)F)c2)=CC1. The molecule has 0 aliphatic carbocycles. The van der Waals surface area contributed by atoms with Gasteiger partial charge in [0.05, 0.1) is 27.5 Å². The fourth-order valence-corrected chi connectivity index (χ4v) is 4.73. The molecule has 1 aliphatic heterocycles. The zero-order valence-electron chi connectivity index (χ0n) is 21.1. The summed E-state index contributed by atoms with van der Waals surface area (Å²) in [6, 6.07) is 15.1. The molecule has 210 valence electrons. The van der Waals surface area contributed by atoms with Crippen LogP contribution in [0, 0.1) is 5.92 Å². The summed E-state index contributed by atoms with van der Waals surface area (Å²) in [7, 11) is 0. The number of aliphatic imine (C=N–C) groups is 1. The number of nitrogens with zero attached hydrogens (tertiary/aromatic N) is 1. The van der Waals surface area contributed by atoms with E-state index in [1.54, 1.807) is 42.6 Å². The number of carbonyl (C=O) groups excluding carboxylic acids is 1. The highest BCUT2D eigenvalue weighted by Crippen LogP contribution is 2.41. The number of para-hydroxylation sites is 1. The van der Waals surface area contributed by atoms with E-state index in [1.807, 2.05) is 6.92 Å². The Labute approximate surface area is 231 Å². The Kier molecular flexibility index (Phi) is 8.30. The summed E-state index contributed by atoms with van der Waals surface area (Å²) >= 11 is 6.03. The molecule has 40 heavy (non-hydrogen) atoms. The third-order valence-electron chi connectivity index (χ3n) is 6.47. The summed E-state index contributed by atoms with van der Waals surface area (Å²) in [6.07, 6.45) is -5.74. The lowest BCUT2D eigenvalue weighted by Gasteiger charge is -2.38. The Morgan fingerprint density at radius 1 is 0.925 bits per heavy atom. The van der Waals surface area contributed by atoms with Crippen molar-refractivity contribution in [1.29, 1.82) is 0 Å². The van der Waals surface area contributed by atoms with Crippen LogP contribution in [0.15, 0.2) is 89.6 Å². The van der Waals surface area contributed by atoms with Crippen molar-refractivity contribution >= 4 is 29.5 Å². The average Bonchev–Trinajstić information content (AvgIpc) is 2.89. The molecule has 3 aromatic carbocycles. The van der Waals surface area contributed by atoms with Crippen LogP contribution in [0.2, 0.25) is 5.02 Å². The van der Waals surface area contributed by atoms with Gasteiger partial charge in [-0.05, 0) is 47.7 Å². The number of benzene rings is 3. The fraction of sp³-hybridized carbons (Fsp3) is 0.241. The molecule has 2 N–H and O–H groups in total. The molecule has 0 spiro atoms. The van der Waals surface area contributed by atoms with E-state index in [0.717, 1.165) is 24.3 Å². The Hall–Kier alpha value is -3.79. The largest absolute Gasteiger partial charge is 0.418 e.